The van der Waals surface area contributed by atoms with Gasteiger partial charge in [-0.15, -0.1) is 0 Å². The number of aromatic nitrogens is 1. The molecule has 0 radical (unpaired) electrons. The molecule has 4 N–H and O–H groups in total. The van der Waals surface area contributed by atoms with Crippen LogP contribution in [-0.4, -0.2) is 28.1 Å². The van der Waals surface area contributed by atoms with Gasteiger partial charge in [0, 0.05) is 6.54 Å². The molecular weight excluding hydrogens is 218 g/mol. The number of carbonyl (C=O) groups is 1. The van der Waals surface area contributed by atoms with Gasteiger partial charge in [-0.3, -0.25) is 4.79 Å². The molecular formula is C12H17N3O2. The van der Waals surface area contributed by atoms with E-state index in [1.165, 1.54) is 6.20 Å². The van der Waals surface area contributed by atoms with Crippen molar-refractivity contribution in [2.24, 2.45) is 0 Å². The number of nitrogens with two attached hydrogens (primary N) is 1. The van der Waals surface area contributed by atoms with Gasteiger partial charge in [0.05, 0.1) is 17.5 Å². The average molecular weight is 235 g/mol. The lowest BCUT2D eigenvalue weighted by atomic mass is 10.0. The van der Waals surface area contributed by atoms with Crippen LogP contribution in [0.2, 0.25) is 0 Å². The van der Waals surface area contributed by atoms with Gasteiger partial charge in [-0.25, -0.2) is 4.98 Å². The Bertz CT molecular complexity index is 397. The zero-order valence-corrected chi connectivity index (χ0v) is 9.65. The number of nitrogens with one attached hydrogen (secondary N) is 1. The second kappa shape index (κ2) is 4.71. The Labute approximate surface area is 100 Å². The first kappa shape index (κ1) is 11.9. The van der Waals surface area contributed by atoms with E-state index in [4.69, 9.17) is 5.73 Å². The van der Waals surface area contributed by atoms with Crippen molar-refractivity contribution < 1.29 is 9.90 Å². The summed E-state index contributed by atoms with van der Waals surface area (Å²) in [6, 6.07) is 3.20. The van der Waals surface area contributed by atoms with E-state index in [0.717, 1.165) is 25.7 Å². The molecule has 0 spiro atoms. The quantitative estimate of drug-likeness (QED) is 0.719. The first-order chi connectivity index (χ1) is 8.09. The first-order valence-electron chi connectivity index (χ1n) is 5.81. The monoisotopic (exact) mass is 235 g/mol. The van der Waals surface area contributed by atoms with Crippen LogP contribution in [0.1, 0.15) is 36.2 Å². The van der Waals surface area contributed by atoms with Gasteiger partial charge in [-0.2, -0.15) is 0 Å². The van der Waals surface area contributed by atoms with Gasteiger partial charge in [0.15, 0.2) is 0 Å². The van der Waals surface area contributed by atoms with Crippen LogP contribution in [-0.2, 0) is 0 Å². The summed E-state index contributed by atoms with van der Waals surface area (Å²) in [5, 5.41) is 12.8. The van der Waals surface area contributed by atoms with Crippen molar-refractivity contribution in [2.75, 3.05) is 12.3 Å². The minimum absolute atomic E-state index is 0.273. The summed E-state index contributed by atoms with van der Waals surface area (Å²) in [5.74, 6) is -0.273. The number of amides is 1. The Morgan fingerprint density at radius 1 is 1.47 bits per heavy atom. The average Bonchev–Trinajstić information content (AvgIpc) is 2.75. The molecule has 92 valence electrons. The van der Waals surface area contributed by atoms with E-state index in [9.17, 15) is 9.90 Å². The van der Waals surface area contributed by atoms with Crippen molar-refractivity contribution in [3.05, 3.63) is 24.0 Å². The smallest absolute Gasteiger partial charge is 0.269 e. The van der Waals surface area contributed by atoms with Gasteiger partial charge >= 0.3 is 0 Å². The molecule has 1 aromatic rings. The zero-order valence-electron chi connectivity index (χ0n) is 9.65. The summed E-state index contributed by atoms with van der Waals surface area (Å²) in [6.45, 7) is 0.290. The van der Waals surface area contributed by atoms with E-state index >= 15 is 0 Å². The molecule has 1 fully saturated rings. The number of nitrogens with zero attached hydrogens (tertiary/aromatic N) is 1. The maximum absolute atomic E-state index is 11.7. The van der Waals surface area contributed by atoms with E-state index in [2.05, 4.69) is 10.3 Å². The maximum Gasteiger partial charge on any atom is 0.269 e. The minimum Gasteiger partial charge on any atom is -0.397 e. The molecule has 0 bridgehead atoms. The number of rotatable bonds is 3. The summed E-state index contributed by atoms with van der Waals surface area (Å²) < 4.78 is 0. The number of nitrogen functional groups attached to an aromatic ring is 1. The number of hydrogen-bond acceptors (Lipinski definition) is 4. The van der Waals surface area contributed by atoms with Crippen molar-refractivity contribution in [1.29, 1.82) is 0 Å². The van der Waals surface area contributed by atoms with E-state index in [1.807, 2.05) is 0 Å². The fraction of sp³-hybridized carbons (Fsp3) is 0.500. The zero-order chi connectivity index (χ0) is 12.3. The topological polar surface area (TPSA) is 88.2 Å². The van der Waals surface area contributed by atoms with Crippen molar-refractivity contribution in [3.8, 4) is 0 Å². The van der Waals surface area contributed by atoms with Crippen LogP contribution in [0.15, 0.2) is 18.3 Å². The van der Waals surface area contributed by atoms with Crippen molar-refractivity contribution >= 4 is 11.6 Å². The van der Waals surface area contributed by atoms with Crippen LogP contribution in [0.25, 0.3) is 0 Å². The van der Waals surface area contributed by atoms with E-state index in [1.54, 1.807) is 12.1 Å². The van der Waals surface area contributed by atoms with Gasteiger partial charge < -0.3 is 16.2 Å². The molecule has 0 aromatic carbocycles. The molecule has 0 saturated heterocycles. The largest absolute Gasteiger partial charge is 0.397 e. The van der Waals surface area contributed by atoms with Crippen molar-refractivity contribution in [1.82, 2.24) is 10.3 Å². The normalized spacial score (nSPS) is 17.9. The highest BCUT2D eigenvalue weighted by atomic mass is 16.3. The Balaban J connectivity index is 1.91. The molecule has 0 aliphatic heterocycles. The Kier molecular flexibility index (Phi) is 3.28. The second-order valence-electron chi connectivity index (χ2n) is 4.59. The molecule has 1 amide bonds. The standard InChI is InChI=1S/C12H17N3O2/c13-9-3-4-10(14-7-9)11(16)15-8-12(17)5-1-2-6-12/h3-4,7,17H,1-2,5-6,8,13H2,(H,15,16). The third-order valence-corrected chi connectivity index (χ3v) is 3.13. The minimum atomic E-state index is -0.733. The third-order valence-electron chi connectivity index (χ3n) is 3.13. The lowest BCUT2D eigenvalue weighted by molar-refractivity contribution is 0.0448. The SMILES string of the molecule is Nc1ccc(C(=O)NCC2(O)CCCC2)nc1. The number of aliphatic hydroxyl groups is 1. The predicted molar refractivity (Wildman–Crippen MR) is 64.4 cm³/mol. The molecule has 17 heavy (non-hydrogen) atoms. The molecule has 5 nitrogen and oxygen atoms in total. The lowest BCUT2D eigenvalue weighted by Gasteiger charge is -2.22. The van der Waals surface area contributed by atoms with Crippen LogP contribution >= 0.6 is 0 Å². The number of carbonyl (C=O) groups excluding carboxylic acids is 1. The molecule has 5 heteroatoms. The van der Waals surface area contributed by atoms with Crippen LogP contribution in [0.4, 0.5) is 5.69 Å². The highest BCUT2D eigenvalue weighted by Crippen LogP contribution is 2.28. The van der Waals surface area contributed by atoms with Gasteiger partial charge in [0.2, 0.25) is 0 Å². The number of hydrogen-bond donors (Lipinski definition) is 3. The molecule has 1 aliphatic rings. The molecule has 0 unspecified atom stereocenters. The molecule has 1 heterocycles. The highest BCUT2D eigenvalue weighted by Gasteiger charge is 2.31. The van der Waals surface area contributed by atoms with Gasteiger partial charge in [0.1, 0.15) is 5.69 Å². The van der Waals surface area contributed by atoms with Crippen LogP contribution < -0.4 is 11.1 Å². The molecule has 1 aromatic heterocycles. The lowest BCUT2D eigenvalue weighted by Crippen LogP contribution is -2.41. The van der Waals surface area contributed by atoms with E-state index in [-0.39, 0.29) is 12.5 Å². The van der Waals surface area contributed by atoms with Gasteiger partial charge in [0.25, 0.3) is 5.91 Å². The number of anilines is 1. The van der Waals surface area contributed by atoms with Crippen LogP contribution in [0, 0.1) is 0 Å². The third kappa shape index (κ3) is 2.94. The highest BCUT2D eigenvalue weighted by molar-refractivity contribution is 5.92. The molecule has 1 saturated carbocycles. The van der Waals surface area contributed by atoms with E-state index in [0.29, 0.717) is 11.4 Å². The maximum atomic E-state index is 11.7. The van der Waals surface area contributed by atoms with Crippen LogP contribution in [0.5, 0.6) is 0 Å². The van der Waals surface area contributed by atoms with Crippen LogP contribution in [0.3, 0.4) is 0 Å². The second-order valence-corrected chi connectivity index (χ2v) is 4.59. The number of pyridine rings is 1. The van der Waals surface area contributed by atoms with Gasteiger partial charge in [-0.05, 0) is 25.0 Å². The van der Waals surface area contributed by atoms with Crippen molar-refractivity contribution in [2.45, 2.75) is 31.3 Å². The van der Waals surface area contributed by atoms with Gasteiger partial charge in [-0.1, -0.05) is 12.8 Å². The Morgan fingerprint density at radius 3 is 2.76 bits per heavy atom. The van der Waals surface area contributed by atoms with Crippen molar-refractivity contribution in [3.63, 3.8) is 0 Å². The van der Waals surface area contributed by atoms with E-state index < -0.39 is 5.60 Å². The summed E-state index contributed by atoms with van der Waals surface area (Å²) in [5.41, 5.74) is 5.60. The fourth-order valence-corrected chi connectivity index (χ4v) is 2.08. The molecule has 2 rings (SSSR count). The Hall–Kier alpha value is -1.62. The summed E-state index contributed by atoms with van der Waals surface area (Å²) in [7, 11) is 0. The molecule has 1 aliphatic carbocycles. The first-order valence-corrected chi connectivity index (χ1v) is 5.81. The fourth-order valence-electron chi connectivity index (χ4n) is 2.08. The summed E-state index contributed by atoms with van der Waals surface area (Å²) in [6.07, 6.45) is 4.99. The Morgan fingerprint density at radius 2 is 2.18 bits per heavy atom. The summed E-state index contributed by atoms with van der Waals surface area (Å²) in [4.78, 5) is 15.7. The predicted octanol–water partition coefficient (Wildman–Crippen LogP) is 0.699. The summed E-state index contributed by atoms with van der Waals surface area (Å²) >= 11 is 0. The molecule has 0 atom stereocenters.